The quantitative estimate of drug-likeness (QED) is 0.243. The molecule has 4 nitrogen and oxygen atoms in total. The molecule has 0 aliphatic heterocycles. The van der Waals surface area contributed by atoms with Crippen LogP contribution in [-0.4, -0.2) is 30.2 Å². The van der Waals surface area contributed by atoms with Gasteiger partial charge in [0.25, 0.3) is 0 Å². The van der Waals surface area contributed by atoms with Crippen LogP contribution in [0.2, 0.25) is 0 Å². The van der Waals surface area contributed by atoms with Crippen molar-refractivity contribution in [2.75, 3.05) is 0 Å². The van der Waals surface area contributed by atoms with E-state index in [0.717, 1.165) is 77.0 Å². The summed E-state index contributed by atoms with van der Waals surface area (Å²) in [6.07, 6.45) is 11.1. The van der Waals surface area contributed by atoms with Crippen LogP contribution in [0.3, 0.4) is 0 Å². The van der Waals surface area contributed by atoms with Crippen LogP contribution in [0.1, 0.15) is 77.0 Å². The Balaban J connectivity index is 1.29. The second kappa shape index (κ2) is 10.9. The van der Waals surface area contributed by atoms with E-state index in [1.165, 1.54) is 36.4 Å². The van der Waals surface area contributed by atoms with Crippen molar-refractivity contribution < 1.29 is 28.8 Å². The molecule has 3 aromatic rings. The van der Waals surface area contributed by atoms with Gasteiger partial charge in [0, 0.05) is 0 Å². The van der Waals surface area contributed by atoms with E-state index in [-0.39, 0.29) is 11.9 Å². The van der Waals surface area contributed by atoms with E-state index in [2.05, 4.69) is 0 Å². The van der Waals surface area contributed by atoms with Crippen molar-refractivity contribution in [3.8, 4) is 0 Å². The molecule has 3 aromatic carbocycles. The van der Waals surface area contributed by atoms with Crippen molar-refractivity contribution in [1.29, 1.82) is 0 Å². The van der Waals surface area contributed by atoms with E-state index in [1.54, 1.807) is 36.4 Å². The van der Waals surface area contributed by atoms with Crippen LogP contribution in [-0.2, 0) is 15.6 Å². The van der Waals surface area contributed by atoms with Crippen molar-refractivity contribution in [3.05, 3.63) is 90.2 Å². The van der Waals surface area contributed by atoms with Crippen molar-refractivity contribution in [1.82, 2.24) is 0 Å². The molecule has 0 unspecified atom stereocenters. The zero-order valence-electron chi connectivity index (χ0n) is 27.1. The van der Waals surface area contributed by atoms with Gasteiger partial charge >= 0.3 is 283 Å². The third-order valence-corrected chi connectivity index (χ3v) is 26.9. The first-order chi connectivity index (χ1) is 23.1. The second-order valence-electron chi connectivity index (χ2n) is 16.5. The van der Waals surface area contributed by atoms with Gasteiger partial charge in [0.15, 0.2) is 0 Å². The van der Waals surface area contributed by atoms with Gasteiger partial charge in [-0.15, -0.1) is 0 Å². The average molecular weight is 766 g/mol. The SMILES string of the molecule is O=C([O][Sb]([O]C(=O)C12CC3CC(CC(C3)C1)C2)([c]1ccc(F)cc1)([c]1ccc(F)cc1)[c]1ccc(F)cc1)C12CC3CC(CC(C3)C1)C2. The van der Waals surface area contributed by atoms with Crippen LogP contribution in [0.4, 0.5) is 13.2 Å². The Hall–Kier alpha value is -2.79. The molecular weight excluding hydrogens is 723 g/mol. The van der Waals surface area contributed by atoms with Gasteiger partial charge in [0.2, 0.25) is 0 Å². The first-order valence-electron chi connectivity index (χ1n) is 17.9. The maximum atomic E-state index is 15.3. The summed E-state index contributed by atoms with van der Waals surface area (Å²) in [5.41, 5.74) is -1.45. The summed E-state index contributed by atoms with van der Waals surface area (Å²) < 4.78 is 60.0. The number of carbonyl (C=O) groups excluding carboxylic acids is 2. The van der Waals surface area contributed by atoms with Crippen molar-refractivity contribution >= 4 is 40.7 Å². The van der Waals surface area contributed by atoms with Gasteiger partial charge in [-0.1, -0.05) is 0 Å². The van der Waals surface area contributed by atoms with Crippen molar-refractivity contribution in [2.45, 2.75) is 77.0 Å². The predicted octanol–water partition coefficient (Wildman–Crippen LogP) is 7.04. The normalized spacial score (nSPS) is 35.2. The van der Waals surface area contributed by atoms with Crippen molar-refractivity contribution in [2.24, 2.45) is 46.3 Å². The van der Waals surface area contributed by atoms with E-state index in [4.69, 9.17) is 6.03 Å². The number of rotatable bonds is 7. The monoisotopic (exact) mass is 764 g/mol. The van der Waals surface area contributed by atoms with Crippen LogP contribution >= 0.6 is 0 Å². The second-order valence-corrected chi connectivity index (χ2v) is 27.5. The van der Waals surface area contributed by atoms with E-state index in [1.807, 2.05) is 0 Å². The van der Waals surface area contributed by atoms with Gasteiger partial charge in [-0.3, -0.25) is 0 Å². The Labute approximate surface area is 282 Å². The van der Waals surface area contributed by atoms with Gasteiger partial charge in [-0.25, -0.2) is 0 Å². The fourth-order valence-electron chi connectivity index (χ4n) is 12.1. The minimum absolute atomic E-state index is 0.388. The molecule has 8 heteroatoms. The first-order valence-corrected chi connectivity index (χ1v) is 23.8. The molecule has 8 fully saturated rings. The summed E-state index contributed by atoms with van der Waals surface area (Å²) in [6.45, 7) is 0. The summed E-state index contributed by atoms with van der Waals surface area (Å²) in [4.78, 5) is 30.6. The fourth-order valence-corrected chi connectivity index (χ4v) is 25.4. The van der Waals surface area contributed by atoms with E-state index >= 15 is 9.59 Å². The Kier molecular flexibility index (Phi) is 7.06. The van der Waals surface area contributed by atoms with Gasteiger partial charge in [-0.2, -0.15) is 0 Å². The molecule has 8 saturated carbocycles. The average Bonchev–Trinajstić information content (AvgIpc) is 3.04. The van der Waals surface area contributed by atoms with Crippen LogP contribution < -0.4 is 10.5 Å². The number of carbonyl (C=O) groups is 2. The van der Waals surface area contributed by atoms with E-state index in [0.29, 0.717) is 46.0 Å². The van der Waals surface area contributed by atoms with Crippen LogP contribution in [0.15, 0.2) is 72.8 Å². The predicted molar refractivity (Wildman–Crippen MR) is 177 cm³/mol. The molecule has 11 rings (SSSR count). The molecule has 0 spiro atoms. The molecule has 0 heterocycles. The Morgan fingerprint density at radius 2 is 0.688 bits per heavy atom. The van der Waals surface area contributed by atoms with E-state index in [9.17, 15) is 13.2 Å². The summed E-state index contributed by atoms with van der Waals surface area (Å²) in [6, 6.07) is 17.1. The number of halogens is 3. The summed E-state index contributed by atoms with van der Waals surface area (Å²) in [7, 11) is 0. The van der Waals surface area contributed by atoms with Gasteiger partial charge in [0.1, 0.15) is 0 Å². The maximum absolute atomic E-state index is 15.3. The molecule has 0 saturated heterocycles. The van der Waals surface area contributed by atoms with Gasteiger partial charge in [-0.05, 0) is 0 Å². The molecular formula is C40H42F3O4Sb. The molecule has 0 atom stereocenters. The van der Waals surface area contributed by atoms with Crippen molar-refractivity contribution in [3.63, 3.8) is 0 Å². The topological polar surface area (TPSA) is 52.6 Å². The molecule has 8 aliphatic rings. The third kappa shape index (κ3) is 4.61. The summed E-state index contributed by atoms with van der Waals surface area (Å²) >= 11 is -6.50. The number of hydrogen-bond acceptors (Lipinski definition) is 4. The molecule has 0 N–H and O–H groups in total. The summed E-state index contributed by atoms with van der Waals surface area (Å²) in [5.74, 6) is 0.406. The standard InChI is InChI=1S/2C11H16O2.3C6H4F.Sb/c2*12-10(13)11-4-7-1-8(5-11)3-9(2-7)6-11;3*7-6-4-2-1-3-5-6;/h2*7-9H,1-6H2,(H,12,13);3*2-5H;/q;;;;;+2/p-2. The van der Waals surface area contributed by atoms with Crippen LogP contribution in [0.5, 0.6) is 0 Å². The Morgan fingerprint density at radius 3 is 0.917 bits per heavy atom. The number of hydrogen-bond donors (Lipinski definition) is 0. The Morgan fingerprint density at radius 1 is 0.458 bits per heavy atom. The Bertz CT molecular complexity index is 1520. The molecule has 8 aliphatic carbocycles. The van der Waals surface area contributed by atoms with Gasteiger partial charge in [0.05, 0.1) is 0 Å². The third-order valence-electron chi connectivity index (χ3n) is 13.3. The molecule has 0 radical (unpaired) electrons. The molecule has 48 heavy (non-hydrogen) atoms. The molecule has 0 amide bonds. The van der Waals surface area contributed by atoms with Crippen LogP contribution in [0, 0.1) is 63.8 Å². The zero-order chi connectivity index (χ0) is 32.9. The van der Waals surface area contributed by atoms with E-state index < -0.39 is 46.5 Å². The molecule has 252 valence electrons. The molecule has 0 aromatic heterocycles. The summed E-state index contributed by atoms with van der Waals surface area (Å²) in [5, 5.41) is 0. The number of benzene rings is 3. The zero-order valence-corrected chi connectivity index (χ0v) is 29.6. The fraction of sp³-hybridized carbons (Fsp3) is 0.500. The minimum atomic E-state index is -6.50. The first kappa shape index (κ1) is 31.2. The molecule has 8 bridgehead atoms. The van der Waals surface area contributed by atoms with Gasteiger partial charge < -0.3 is 0 Å². The van der Waals surface area contributed by atoms with Crippen LogP contribution in [0.25, 0.3) is 0 Å².